The lowest BCUT2D eigenvalue weighted by molar-refractivity contribution is 0.527. The van der Waals surface area contributed by atoms with Crippen LogP contribution < -0.4 is 5.32 Å². The summed E-state index contributed by atoms with van der Waals surface area (Å²) in [7, 11) is 0. The molecule has 0 spiro atoms. The van der Waals surface area contributed by atoms with Crippen LogP contribution in [0.4, 0.5) is 0 Å². The van der Waals surface area contributed by atoms with Crippen LogP contribution >= 0.6 is 31.9 Å². The van der Waals surface area contributed by atoms with Gasteiger partial charge in [-0.2, -0.15) is 0 Å². The third-order valence-electron chi connectivity index (χ3n) is 3.50. The van der Waals surface area contributed by atoms with Crippen LogP contribution in [-0.4, -0.2) is 6.54 Å². The molecule has 1 unspecified atom stereocenters. The van der Waals surface area contributed by atoms with E-state index in [0.717, 1.165) is 23.9 Å². The highest BCUT2D eigenvalue weighted by atomic mass is 79.9. The maximum Gasteiger partial charge on any atom is 0.0372 e. The van der Waals surface area contributed by atoms with E-state index in [1.54, 1.807) is 0 Å². The van der Waals surface area contributed by atoms with E-state index in [1.165, 1.54) is 21.2 Å². The third kappa shape index (κ3) is 4.94. The molecule has 1 nitrogen and oxygen atoms in total. The van der Waals surface area contributed by atoms with Crippen LogP contribution in [0.2, 0.25) is 0 Å². The van der Waals surface area contributed by atoms with Crippen LogP contribution in [0.3, 0.4) is 0 Å². The number of rotatable bonds is 6. The van der Waals surface area contributed by atoms with Crippen LogP contribution in [0.5, 0.6) is 0 Å². The summed E-state index contributed by atoms with van der Waals surface area (Å²) in [6.45, 7) is 5.35. The Morgan fingerprint density at radius 1 is 1.10 bits per heavy atom. The molecule has 0 aliphatic heterocycles. The average Bonchev–Trinajstić information content (AvgIpc) is 2.44. The molecule has 21 heavy (non-hydrogen) atoms. The van der Waals surface area contributed by atoms with Crippen LogP contribution in [0.15, 0.2) is 51.4 Å². The van der Waals surface area contributed by atoms with Crippen molar-refractivity contribution in [1.82, 2.24) is 5.32 Å². The number of halogens is 2. The molecule has 112 valence electrons. The third-order valence-corrected chi connectivity index (χ3v) is 4.68. The number of benzene rings is 2. The SMILES string of the molecule is CCCNC(Cc1cccc(Br)c1)c1ccc(C)cc1Br. The Balaban J connectivity index is 2.25. The van der Waals surface area contributed by atoms with Gasteiger partial charge in [0.25, 0.3) is 0 Å². The molecule has 0 aliphatic carbocycles. The zero-order valence-electron chi connectivity index (χ0n) is 12.5. The Morgan fingerprint density at radius 3 is 2.57 bits per heavy atom. The molecule has 0 amide bonds. The van der Waals surface area contributed by atoms with Gasteiger partial charge in [0.05, 0.1) is 0 Å². The van der Waals surface area contributed by atoms with Crippen molar-refractivity contribution in [1.29, 1.82) is 0 Å². The van der Waals surface area contributed by atoms with Crippen LogP contribution in [0.1, 0.15) is 36.1 Å². The zero-order chi connectivity index (χ0) is 15.2. The fourth-order valence-corrected chi connectivity index (χ4v) is 3.64. The summed E-state index contributed by atoms with van der Waals surface area (Å²) in [4.78, 5) is 0. The molecule has 0 aromatic heterocycles. The second-order valence-electron chi connectivity index (χ2n) is 5.37. The summed E-state index contributed by atoms with van der Waals surface area (Å²) in [5.74, 6) is 0. The number of hydrogen-bond donors (Lipinski definition) is 1. The lowest BCUT2D eigenvalue weighted by Gasteiger charge is -2.21. The topological polar surface area (TPSA) is 12.0 Å². The second kappa shape index (κ2) is 8.11. The summed E-state index contributed by atoms with van der Waals surface area (Å²) in [5, 5.41) is 3.67. The molecule has 2 rings (SSSR count). The minimum absolute atomic E-state index is 0.328. The molecule has 0 saturated heterocycles. The molecule has 0 saturated carbocycles. The number of hydrogen-bond acceptors (Lipinski definition) is 1. The van der Waals surface area contributed by atoms with Crippen LogP contribution in [-0.2, 0) is 6.42 Å². The maximum absolute atomic E-state index is 3.72. The number of aryl methyl sites for hydroxylation is 1. The van der Waals surface area contributed by atoms with Gasteiger partial charge in [0, 0.05) is 15.0 Å². The predicted octanol–water partition coefficient (Wildman–Crippen LogP) is 5.80. The molecule has 1 N–H and O–H groups in total. The first kappa shape index (κ1) is 16.7. The molecule has 2 aromatic rings. The molecule has 0 bridgehead atoms. The van der Waals surface area contributed by atoms with Gasteiger partial charge in [-0.1, -0.05) is 63.0 Å². The van der Waals surface area contributed by atoms with Gasteiger partial charge in [-0.25, -0.2) is 0 Å². The lowest BCUT2D eigenvalue weighted by Crippen LogP contribution is -2.24. The Bertz CT molecular complexity index is 596. The standard InChI is InChI=1S/C18H21Br2N/c1-3-9-21-18(12-14-5-4-6-15(19)11-14)16-8-7-13(2)10-17(16)20/h4-8,10-11,18,21H,3,9,12H2,1-2H3. The normalized spacial score (nSPS) is 12.4. The highest BCUT2D eigenvalue weighted by Crippen LogP contribution is 2.28. The minimum atomic E-state index is 0.328. The van der Waals surface area contributed by atoms with E-state index in [0.29, 0.717) is 6.04 Å². The highest BCUT2D eigenvalue weighted by Gasteiger charge is 2.14. The molecular weight excluding hydrogens is 390 g/mol. The smallest absolute Gasteiger partial charge is 0.0372 e. The van der Waals surface area contributed by atoms with E-state index >= 15 is 0 Å². The van der Waals surface area contributed by atoms with Crippen molar-refractivity contribution >= 4 is 31.9 Å². The van der Waals surface area contributed by atoms with E-state index in [4.69, 9.17) is 0 Å². The Morgan fingerprint density at radius 2 is 1.90 bits per heavy atom. The molecule has 0 fully saturated rings. The van der Waals surface area contributed by atoms with Crippen LogP contribution in [0, 0.1) is 6.92 Å². The Hall–Kier alpha value is -0.640. The van der Waals surface area contributed by atoms with Crippen molar-refractivity contribution in [3.63, 3.8) is 0 Å². The summed E-state index contributed by atoms with van der Waals surface area (Å²) in [6, 6.07) is 15.5. The summed E-state index contributed by atoms with van der Waals surface area (Å²) in [6.07, 6.45) is 2.12. The monoisotopic (exact) mass is 409 g/mol. The van der Waals surface area contributed by atoms with E-state index in [1.807, 2.05) is 0 Å². The fraction of sp³-hybridized carbons (Fsp3) is 0.333. The zero-order valence-corrected chi connectivity index (χ0v) is 15.7. The van der Waals surface area contributed by atoms with E-state index < -0.39 is 0 Å². The van der Waals surface area contributed by atoms with Gasteiger partial charge in [-0.05, 0) is 61.2 Å². The van der Waals surface area contributed by atoms with Crippen molar-refractivity contribution < 1.29 is 0 Å². The Kier molecular flexibility index (Phi) is 6.46. The van der Waals surface area contributed by atoms with Crippen molar-refractivity contribution in [3.8, 4) is 0 Å². The van der Waals surface area contributed by atoms with Crippen molar-refractivity contribution in [3.05, 3.63) is 68.1 Å². The van der Waals surface area contributed by atoms with Gasteiger partial charge in [0.2, 0.25) is 0 Å². The van der Waals surface area contributed by atoms with Crippen LogP contribution in [0.25, 0.3) is 0 Å². The molecule has 0 aliphatic rings. The minimum Gasteiger partial charge on any atom is -0.310 e. The second-order valence-corrected chi connectivity index (χ2v) is 7.14. The lowest BCUT2D eigenvalue weighted by atomic mass is 9.98. The predicted molar refractivity (Wildman–Crippen MR) is 97.8 cm³/mol. The largest absolute Gasteiger partial charge is 0.310 e. The van der Waals surface area contributed by atoms with Gasteiger partial charge in [-0.15, -0.1) is 0 Å². The van der Waals surface area contributed by atoms with Gasteiger partial charge in [0.1, 0.15) is 0 Å². The van der Waals surface area contributed by atoms with Gasteiger partial charge in [-0.3, -0.25) is 0 Å². The molecule has 0 heterocycles. The first-order valence-corrected chi connectivity index (χ1v) is 8.92. The molecular formula is C18H21Br2N. The Labute approximate surface area is 144 Å². The molecule has 0 radical (unpaired) electrons. The van der Waals surface area contributed by atoms with Crippen molar-refractivity contribution in [2.45, 2.75) is 32.7 Å². The molecule has 2 aromatic carbocycles. The summed E-state index contributed by atoms with van der Waals surface area (Å²) >= 11 is 7.27. The quantitative estimate of drug-likeness (QED) is 0.634. The number of nitrogens with one attached hydrogen (secondary N) is 1. The highest BCUT2D eigenvalue weighted by molar-refractivity contribution is 9.10. The van der Waals surface area contributed by atoms with Crippen molar-refractivity contribution in [2.75, 3.05) is 6.54 Å². The van der Waals surface area contributed by atoms with Gasteiger partial charge >= 0.3 is 0 Å². The fourth-order valence-electron chi connectivity index (χ4n) is 2.43. The molecule has 3 heteroatoms. The first-order chi connectivity index (χ1) is 10.1. The summed E-state index contributed by atoms with van der Waals surface area (Å²) in [5.41, 5.74) is 3.95. The van der Waals surface area contributed by atoms with E-state index in [-0.39, 0.29) is 0 Å². The average molecular weight is 411 g/mol. The first-order valence-electron chi connectivity index (χ1n) is 7.34. The van der Waals surface area contributed by atoms with E-state index in [2.05, 4.69) is 93.5 Å². The maximum atomic E-state index is 3.72. The van der Waals surface area contributed by atoms with Gasteiger partial charge in [0.15, 0.2) is 0 Å². The van der Waals surface area contributed by atoms with Gasteiger partial charge < -0.3 is 5.32 Å². The van der Waals surface area contributed by atoms with E-state index in [9.17, 15) is 0 Å². The summed E-state index contributed by atoms with van der Waals surface area (Å²) < 4.78 is 2.32. The molecule has 1 atom stereocenters. The van der Waals surface area contributed by atoms with Crippen molar-refractivity contribution in [2.24, 2.45) is 0 Å².